The van der Waals surface area contributed by atoms with Crippen LogP contribution >= 0.6 is 7.60 Å². The van der Waals surface area contributed by atoms with Crippen LogP contribution in [0.25, 0.3) is 0 Å². The van der Waals surface area contributed by atoms with E-state index in [9.17, 15) is 14.2 Å². The minimum Gasteiger partial charge on any atom is -0.478 e. The summed E-state index contributed by atoms with van der Waals surface area (Å²) in [6, 6.07) is 0. The number of carbonyl (C=O) groups is 2. The lowest BCUT2D eigenvalue weighted by molar-refractivity contribution is -0.134. The third-order valence-electron chi connectivity index (χ3n) is 0.606. The van der Waals surface area contributed by atoms with E-state index in [2.05, 4.69) is 6.58 Å². The normalized spacial score (nSPS) is 10.1. The molecule has 0 aliphatic carbocycles. The van der Waals surface area contributed by atoms with E-state index in [1.165, 1.54) is 0 Å². The zero-order chi connectivity index (χ0) is 11.8. The van der Waals surface area contributed by atoms with Crippen molar-refractivity contribution in [2.75, 3.05) is 0 Å². The number of aliphatic carboxylic acids is 2. The van der Waals surface area contributed by atoms with Crippen molar-refractivity contribution in [2.45, 2.75) is 0 Å². The third kappa shape index (κ3) is 22.4. The van der Waals surface area contributed by atoms with Gasteiger partial charge < -0.3 is 20.0 Å². The van der Waals surface area contributed by atoms with Gasteiger partial charge in [0.15, 0.2) is 0 Å². The first-order chi connectivity index (χ1) is 6.19. The predicted molar refractivity (Wildman–Crippen MR) is 46.7 cm³/mol. The van der Waals surface area contributed by atoms with Crippen molar-refractivity contribution in [1.29, 1.82) is 0 Å². The van der Waals surface area contributed by atoms with Crippen molar-refractivity contribution in [2.24, 2.45) is 0 Å². The molecule has 0 bridgehead atoms. The second-order valence-corrected chi connectivity index (χ2v) is 3.32. The Labute approximate surface area is 79.2 Å². The summed E-state index contributed by atoms with van der Waals surface area (Å²) in [5, 5.41) is 15.6. The van der Waals surface area contributed by atoms with Gasteiger partial charge in [-0.3, -0.25) is 4.57 Å². The minimum atomic E-state index is -3.88. The van der Waals surface area contributed by atoms with Crippen molar-refractivity contribution in [1.82, 2.24) is 0 Å². The molecule has 0 saturated heterocycles. The third-order valence-corrected chi connectivity index (χ3v) is 1.08. The van der Waals surface area contributed by atoms with Crippen LogP contribution in [0.2, 0.25) is 0 Å². The molecule has 0 amide bonds. The maximum atomic E-state index is 9.58. The Morgan fingerprint density at radius 3 is 1.36 bits per heavy atom. The summed E-state index contributed by atoms with van der Waals surface area (Å²) in [5.74, 6) is -1.91. The van der Waals surface area contributed by atoms with Crippen LogP contribution in [0.5, 0.6) is 0 Å². The summed E-state index contributed by atoms with van der Waals surface area (Å²) in [4.78, 5) is 34.7. The largest absolute Gasteiger partial charge is 0.478 e. The minimum absolute atomic E-state index is 0.558. The molecule has 0 heterocycles. The first-order valence-corrected chi connectivity index (χ1v) is 4.70. The Balaban J connectivity index is 0. The topological polar surface area (TPSA) is 132 Å². The molecule has 0 aromatic carbocycles. The zero-order valence-corrected chi connectivity index (χ0v) is 7.79. The first-order valence-electron chi connectivity index (χ1n) is 3.02. The number of carboxylic acids is 2. The van der Waals surface area contributed by atoms with E-state index < -0.39 is 19.5 Å². The Bertz CT molecular complexity index is 271. The van der Waals surface area contributed by atoms with Crippen molar-refractivity contribution in [3.8, 4) is 0 Å². The van der Waals surface area contributed by atoms with Crippen LogP contribution in [0.1, 0.15) is 0 Å². The predicted octanol–water partition coefficient (Wildman–Crippen LogP) is 0.0194. The monoisotopic (exact) mass is 224 g/mol. The fraction of sp³-hybridized carbons (Fsp3) is 0. The van der Waals surface area contributed by atoms with Gasteiger partial charge in [-0.1, -0.05) is 6.58 Å². The highest BCUT2D eigenvalue weighted by Gasteiger charge is 2.01. The Morgan fingerprint density at radius 2 is 1.29 bits per heavy atom. The first kappa shape index (κ1) is 15.1. The van der Waals surface area contributed by atoms with E-state index in [-0.39, 0.29) is 0 Å². The van der Waals surface area contributed by atoms with E-state index in [1.807, 2.05) is 0 Å². The SMILES string of the molecule is C=CP(=O)(O)O.O=C(O)/C=C\C(=O)O. The standard InChI is InChI=1S/C4H4O4.C2H5O3P/c5-3(6)1-2-4(7)8;1-2-6(3,4)5/h1-2H,(H,5,6)(H,7,8);2H,1H2,(H2,3,4,5)/b2-1-;. The summed E-state index contributed by atoms with van der Waals surface area (Å²) in [6.07, 6.45) is 1.12. The van der Waals surface area contributed by atoms with Gasteiger partial charge in [0.05, 0.1) is 0 Å². The quantitative estimate of drug-likeness (QED) is 0.392. The lowest BCUT2D eigenvalue weighted by Gasteiger charge is -1.87. The highest BCUT2D eigenvalue weighted by atomic mass is 31.2. The maximum Gasteiger partial charge on any atom is 0.348 e. The van der Waals surface area contributed by atoms with Gasteiger partial charge in [0.1, 0.15) is 0 Å². The molecule has 0 aliphatic rings. The van der Waals surface area contributed by atoms with Crippen molar-refractivity contribution in [3.63, 3.8) is 0 Å². The maximum absolute atomic E-state index is 9.58. The molecule has 0 spiro atoms. The van der Waals surface area contributed by atoms with Crippen LogP contribution in [0.4, 0.5) is 0 Å². The smallest absolute Gasteiger partial charge is 0.348 e. The van der Waals surface area contributed by atoms with Crippen molar-refractivity contribution in [3.05, 3.63) is 24.5 Å². The fourth-order valence-electron chi connectivity index (χ4n) is 0.143. The van der Waals surface area contributed by atoms with Crippen LogP contribution in [-0.2, 0) is 14.2 Å². The molecule has 0 aliphatic heterocycles. The molecule has 0 aromatic heterocycles. The van der Waals surface area contributed by atoms with Gasteiger partial charge in [-0.25, -0.2) is 9.59 Å². The highest BCUT2D eigenvalue weighted by molar-refractivity contribution is 7.55. The molecular weight excluding hydrogens is 215 g/mol. The molecule has 0 fully saturated rings. The Hall–Kier alpha value is -1.43. The van der Waals surface area contributed by atoms with E-state index in [4.69, 9.17) is 20.0 Å². The zero-order valence-electron chi connectivity index (χ0n) is 6.90. The van der Waals surface area contributed by atoms with Crippen LogP contribution in [0, 0.1) is 0 Å². The molecule has 0 atom stereocenters. The van der Waals surface area contributed by atoms with Gasteiger partial charge in [0.25, 0.3) is 0 Å². The van der Waals surface area contributed by atoms with E-state index in [1.54, 1.807) is 0 Å². The number of carboxylic acid groups (broad SMARTS) is 2. The van der Waals surface area contributed by atoms with Crippen LogP contribution in [-0.4, -0.2) is 31.9 Å². The molecule has 0 unspecified atom stereocenters. The summed E-state index contributed by atoms with van der Waals surface area (Å²) >= 11 is 0. The summed E-state index contributed by atoms with van der Waals surface area (Å²) in [7, 11) is -3.88. The van der Waals surface area contributed by atoms with Gasteiger partial charge >= 0.3 is 19.5 Å². The number of hydrogen-bond donors (Lipinski definition) is 4. The Kier molecular flexibility index (Phi) is 7.55. The lowest BCUT2D eigenvalue weighted by Crippen LogP contribution is -1.91. The molecular formula is C6H9O7P. The summed E-state index contributed by atoms with van der Waals surface area (Å²) < 4.78 is 9.58. The fourth-order valence-corrected chi connectivity index (χ4v) is 0.143. The second kappa shape index (κ2) is 7.02. The second-order valence-electron chi connectivity index (χ2n) is 1.78. The van der Waals surface area contributed by atoms with Crippen LogP contribution < -0.4 is 0 Å². The van der Waals surface area contributed by atoms with Crippen molar-refractivity contribution < 1.29 is 34.2 Å². The molecule has 0 radical (unpaired) electrons. The average molecular weight is 224 g/mol. The number of rotatable bonds is 3. The highest BCUT2D eigenvalue weighted by Crippen LogP contribution is 2.34. The Morgan fingerprint density at radius 1 is 1.07 bits per heavy atom. The molecule has 4 N–H and O–H groups in total. The lowest BCUT2D eigenvalue weighted by atomic mass is 10.5. The van der Waals surface area contributed by atoms with Crippen LogP contribution in [0.15, 0.2) is 24.5 Å². The molecule has 14 heavy (non-hydrogen) atoms. The summed E-state index contributed by atoms with van der Waals surface area (Å²) in [6.45, 7) is 2.87. The van der Waals surface area contributed by atoms with E-state index >= 15 is 0 Å². The molecule has 0 aromatic rings. The van der Waals surface area contributed by atoms with Gasteiger partial charge in [0, 0.05) is 18.0 Å². The van der Waals surface area contributed by atoms with Gasteiger partial charge in [-0.2, -0.15) is 0 Å². The molecule has 7 nitrogen and oxygen atoms in total. The van der Waals surface area contributed by atoms with Crippen LogP contribution in [0.3, 0.4) is 0 Å². The molecule has 0 saturated carbocycles. The summed E-state index contributed by atoms with van der Waals surface area (Å²) in [5.41, 5.74) is 0. The molecule has 80 valence electrons. The van der Waals surface area contributed by atoms with Gasteiger partial charge in [-0.15, -0.1) is 0 Å². The van der Waals surface area contributed by atoms with E-state index in [0.29, 0.717) is 18.0 Å². The average Bonchev–Trinajstić information content (AvgIpc) is 2.01. The van der Waals surface area contributed by atoms with E-state index in [0.717, 1.165) is 0 Å². The van der Waals surface area contributed by atoms with Gasteiger partial charge in [-0.05, 0) is 0 Å². The molecule has 8 heteroatoms. The number of hydrogen-bond acceptors (Lipinski definition) is 3. The van der Waals surface area contributed by atoms with Crippen molar-refractivity contribution >= 4 is 19.5 Å². The van der Waals surface area contributed by atoms with Gasteiger partial charge in [0.2, 0.25) is 0 Å². The molecule has 0 rings (SSSR count).